The summed E-state index contributed by atoms with van der Waals surface area (Å²) < 4.78 is 19.6. The molecule has 1 aliphatic rings. The number of nitrogens with zero attached hydrogens (tertiary/aromatic N) is 6. The number of anilines is 1. The third-order valence-corrected chi connectivity index (χ3v) is 5.60. The zero-order valence-electron chi connectivity index (χ0n) is 17.4. The number of hydrogen-bond acceptors (Lipinski definition) is 9. The van der Waals surface area contributed by atoms with Crippen molar-refractivity contribution >= 4 is 23.2 Å². The number of rotatable bonds is 6. The second-order valence-corrected chi connectivity index (χ2v) is 7.75. The van der Waals surface area contributed by atoms with Gasteiger partial charge in [-0.3, -0.25) is 13.9 Å². The van der Waals surface area contributed by atoms with Crippen LogP contribution in [0.1, 0.15) is 17.2 Å². The highest BCUT2D eigenvalue weighted by atomic mass is 32.2. The smallest absolute Gasteiger partial charge is 0.264 e. The second-order valence-electron chi connectivity index (χ2n) is 6.95. The highest BCUT2D eigenvalue weighted by Crippen LogP contribution is 2.28. The molecule has 1 fully saturated rings. The average Bonchev–Trinajstić information content (AvgIpc) is 3.21. The number of ether oxygens (including phenoxy) is 3. The summed E-state index contributed by atoms with van der Waals surface area (Å²) in [6, 6.07) is 0. The molecule has 160 valence electrons. The first-order chi connectivity index (χ1) is 14.5. The van der Waals surface area contributed by atoms with Gasteiger partial charge in [-0.05, 0) is 13.2 Å². The topological polar surface area (TPSA) is 96.0 Å². The van der Waals surface area contributed by atoms with Crippen molar-refractivity contribution in [1.29, 1.82) is 0 Å². The van der Waals surface area contributed by atoms with E-state index in [4.69, 9.17) is 19.2 Å². The number of hydrogen-bond donors (Lipinski definition) is 0. The molecule has 0 bridgehead atoms. The lowest BCUT2D eigenvalue weighted by Crippen LogP contribution is -2.39. The third kappa shape index (κ3) is 3.87. The van der Waals surface area contributed by atoms with Crippen molar-refractivity contribution in [2.75, 3.05) is 44.8 Å². The standard InChI is InChI=1S/C19H24N6O4S/c1-12-17(29-11-27-3)22-16-18(30-4)21-15(10-25(16)19(12)26)24-5-6-28-14(9-24)13-7-20-23(2)8-13/h7-8,10,14H,5-6,9,11H2,1-4H3/t14-/m1/s1. The van der Waals surface area contributed by atoms with Crippen LogP contribution in [0.3, 0.4) is 0 Å². The SMILES string of the molecule is COCOc1nc2c(SC)nc(N3CCO[C@@H](c4cnn(C)c4)C3)cn2c(=O)c1C. The Kier molecular flexibility index (Phi) is 5.93. The second kappa shape index (κ2) is 8.62. The highest BCUT2D eigenvalue weighted by Gasteiger charge is 2.25. The molecule has 1 atom stereocenters. The molecule has 30 heavy (non-hydrogen) atoms. The highest BCUT2D eigenvalue weighted by molar-refractivity contribution is 7.98. The molecule has 0 radical (unpaired) electrons. The zero-order valence-corrected chi connectivity index (χ0v) is 18.2. The molecule has 0 unspecified atom stereocenters. The lowest BCUT2D eigenvalue weighted by Gasteiger charge is -2.33. The Hall–Kier alpha value is -2.63. The van der Waals surface area contributed by atoms with Crippen LogP contribution < -0.4 is 15.2 Å². The molecule has 0 N–H and O–H groups in total. The van der Waals surface area contributed by atoms with Crippen molar-refractivity contribution < 1.29 is 14.2 Å². The molecule has 4 rings (SSSR count). The van der Waals surface area contributed by atoms with Crippen molar-refractivity contribution in [3.63, 3.8) is 0 Å². The Morgan fingerprint density at radius 2 is 2.17 bits per heavy atom. The van der Waals surface area contributed by atoms with E-state index < -0.39 is 0 Å². The molecule has 3 aromatic rings. The van der Waals surface area contributed by atoms with Crippen LogP contribution in [0.15, 0.2) is 28.4 Å². The molecule has 0 aliphatic carbocycles. The molecule has 0 saturated carbocycles. The maximum atomic E-state index is 13.0. The van der Waals surface area contributed by atoms with E-state index in [1.807, 2.05) is 25.7 Å². The molecule has 4 heterocycles. The maximum absolute atomic E-state index is 13.0. The number of fused-ring (bicyclic) bond motifs is 1. The van der Waals surface area contributed by atoms with Crippen LogP contribution >= 0.6 is 11.8 Å². The van der Waals surface area contributed by atoms with E-state index in [0.717, 1.165) is 5.56 Å². The quantitative estimate of drug-likeness (QED) is 0.423. The molecule has 11 heteroatoms. The van der Waals surface area contributed by atoms with Crippen LogP contribution in [-0.4, -0.2) is 64.0 Å². The number of morpholine rings is 1. The Morgan fingerprint density at radius 1 is 1.33 bits per heavy atom. The van der Waals surface area contributed by atoms with Crippen molar-refractivity contribution in [2.24, 2.45) is 7.05 Å². The van der Waals surface area contributed by atoms with E-state index in [2.05, 4.69) is 15.0 Å². The van der Waals surface area contributed by atoms with E-state index in [1.54, 1.807) is 17.8 Å². The minimum absolute atomic E-state index is 0.0209. The number of thioether (sulfide) groups is 1. The summed E-state index contributed by atoms with van der Waals surface area (Å²) in [7, 11) is 3.40. The maximum Gasteiger partial charge on any atom is 0.264 e. The van der Waals surface area contributed by atoms with Gasteiger partial charge in [0, 0.05) is 32.5 Å². The molecule has 0 amide bonds. The van der Waals surface area contributed by atoms with Crippen LogP contribution in [0.5, 0.6) is 5.88 Å². The van der Waals surface area contributed by atoms with Crippen LogP contribution in [0.4, 0.5) is 5.82 Å². The fourth-order valence-electron chi connectivity index (χ4n) is 3.38. The summed E-state index contributed by atoms with van der Waals surface area (Å²) >= 11 is 1.43. The number of aryl methyl sites for hydroxylation is 1. The van der Waals surface area contributed by atoms with E-state index in [0.29, 0.717) is 41.8 Å². The molecular weight excluding hydrogens is 408 g/mol. The first kappa shape index (κ1) is 20.6. The zero-order chi connectivity index (χ0) is 21.3. The average molecular weight is 433 g/mol. The Labute approximate surface area is 177 Å². The van der Waals surface area contributed by atoms with Gasteiger partial charge < -0.3 is 19.1 Å². The van der Waals surface area contributed by atoms with Gasteiger partial charge in [0.2, 0.25) is 5.88 Å². The lowest BCUT2D eigenvalue weighted by molar-refractivity contribution is 0.0394. The molecule has 3 aromatic heterocycles. The van der Waals surface area contributed by atoms with Crippen LogP contribution in [0, 0.1) is 6.92 Å². The Balaban J connectivity index is 1.72. The third-order valence-electron chi connectivity index (χ3n) is 4.94. The summed E-state index contributed by atoms with van der Waals surface area (Å²) in [4.78, 5) is 24.4. The number of aromatic nitrogens is 5. The first-order valence-corrected chi connectivity index (χ1v) is 10.7. The van der Waals surface area contributed by atoms with Gasteiger partial charge in [-0.25, -0.2) is 4.98 Å². The Morgan fingerprint density at radius 3 is 2.87 bits per heavy atom. The lowest BCUT2D eigenvalue weighted by atomic mass is 10.1. The summed E-state index contributed by atoms with van der Waals surface area (Å²) in [6.45, 7) is 3.57. The van der Waals surface area contributed by atoms with Gasteiger partial charge >= 0.3 is 0 Å². The van der Waals surface area contributed by atoms with Crippen molar-refractivity contribution in [3.8, 4) is 5.88 Å². The van der Waals surface area contributed by atoms with Crippen molar-refractivity contribution in [2.45, 2.75) is 18.1 Å². The van der Waals surface area contributed by atoms with Crippen molar-refractivity contribution in [3.05, 3.63) is 40.1 Å². The van der Waals surface area contributed by atoms with Gasteiger partial charge in [0.25, 0.3) is 5.56 Å². The molecular formula is C19H24N6O4S. The van der Waals surface area contributed by atoms with E-state index in [1.165, 1.54) is 23.3 Å². The van der Waals surface area contributed by atoms with Crippen molar-refractivity contribution in [1.82, 2.24) is 24.1 Å². The van der Waals surface area contributed by atoms with Gasteiger partial charge in [0.1, 0.15) is 16.9 Å². The van der Waals surface area contributed by atoms with Gasteiger partial charge in [-0.1, -0.05) is 0 Å². The summed E-state index contributed by atoms with van der Waals surface area (Å²) in [6.07, 6.45) is 7.31. The predicted molar refractivity (Wildman–Crippen MR) is 112 cm³/mol. The van der Waals surface area contributed by atoms with Crippen LogP contribution in [0.2, 0.25) is 0 Å². The molecule has 1 saturated heterocycles. The fraction of sp³-hybridized carbons (Fsp3) is 0.474. The minimum Gasteiger partial charge on any atom is -0.450 e. The minimum atomic E-state index is -0.192. The summed E-state index contributed by atoms with van der Waals surface area (Å²) in [5.74, 6) is 0.965. The largest absolute Gasteiger partial charge is 0.450 e. The molecule has 0 spiro atoms. The van der Waals surface area contributed by atoms with E-state index in [-0.39, 0.29) is 24.3 Å². The molecule has 0 aromatic carbocycles. The van der Waals surface area contributed by atoms with Gasteiger partial charge in [-0.15, -0.1) is 11.8 Å². The van der Waals surface area contributed by atoms with Gasteiger partial charge in [-0.2, -0.15) is 10.1 Å². The number of methoxy groups -OCH3 is 1. The monoisotopic (exact) mass is 432 g/mol. The molecule has 10 nitrogen and oxygen atoms in total. The van der Waals surface area contributed by atoms with Crippen LogP contribution in [-0.2, 0) is 16.5 Å². The predicted octanol–water partition coefficient (Wildman–Crippen LogP) is 1.41. The van der Waals surface area contributed by atoms with Crippen LogP contribution in [0.25, 0.3) is 5.65 Å². The van der Waals surface area contributed by atoms with Gasteiger partial charge in [0.05, 0.1) is 31.1 Å². The fourth-order valence-corrected chi connectivity index (χ4v) is 3.89. The Bertz CT molecular complexity index is 1110. The summed E-state index contributed by atoms with van der Waals surface area (Å²) in [5.41, 5.74) is 1.71. The summed E-state index contributed by atoms with van der Waals surface area (Å²) in [5, 5.41) is 4.88. The van der Waals surface area contributed by atoms with Gasteiger partial charge in [0.15, 0.2) is 12.4 Å². The van der Waals surface area contributed by atoms with E-state index in [9.17, 15) is 4.79 Å². The molecule has 1 aliphatic heterocycles. The van der Waals surface area contributed by atoms with E-state index >= 15 is 0 Å². The normalized spacial score (nSPS) is 16.9. The first-order valence-electron chi connectivity index (χ1n) is 9.46.